The molecule has 0 aliphatic rings. The number of hydrogen-bond acceptors (Lipinski definition) is 3. The lowest BCUT2D eigenvalue weighted by Crippen LogP contribution is -2.35. The molecule has 1 amide bonds. The zero-order valence-electron chi connectivity index (χ0n) is 8.63. The molecule has 4 nitrogen and oxygen atoms in total. The zero-order valence-corrected chi connectivity index (χ0v) is 8.63. The topological polar surface area (TPSA) is 62.5 Å². The predicted octanol–water partition coefficient (Wildman–Crippen LogP) is 1.01. The maximum Gasteiger partial charge on any atom is 0.255 e. The highest BCUT2D eigenvalue weighted by atomic mass is 16.3. The average molecular weight is 197 g/mol. The van der Waals surface area contributed by atoms with Crippen molar-refractivity contribution in [3.05, 3.63) is 23.2 Å². The molecule has 0 spiro atoms. The van der Waals surface area contributed by atoms with E-state index in [-0.39, 0.29) is 18.6 Å². The minimum atomic E-state index is -0.239. The maximum atomic E-state index is 11.6. The van der Waals surface area contributed by atoms with Gasteiger partial charge in [-0.15, -0.1) is 0 Å². The van der Waals surface area contributed by atoms with Gasteiger partial charge in [-0.3, -0.25) is 4.79 Å². The highest BCUT2D eigenvalue weighted by Gasteiger charge is 2.14. The van der Waals surface area contributed by atoms with E-state index in [2.05, 4.69) is 5.32 Å². The molecule has 1 aromatic heterocycles. The molecule has 0 aliphatic heterocycles. The Morgan fingerprint density at radius 1 is 1.64 bits per heavy atom. The number of aliphatic hydroxyl groups excluding tert-OH is 1. The SMILES string of the molecule is Cc1cc(C(=O)NC(C)CO)c(C)o1. The van der Waals surface area contributed by atoms with Crippen LogP contribution < -0.4 is 5.32 Å². The minimum Gasteiger partial charge on any atom is -0.466 e. The number of amides is 1. The van der Waals surface area contributed by atoms with Crippen LogP contribution in [-0.4, -0.2) is 23.7 Å². The van der Waals surface area contributed by atoms with Crippen LogP contribution in [0.15, 0.2) is 10.5 Å². The monoisotopic (exact) mass is 197 g/mol. The minimum absolute atomic E-state index is 0.0678. The second kappa shape index (κ2) is 4.28. The molecule has 1 aromatic rings. The van der Waals surface area contributed by atoms with E-state index >= 15 is 0 Å². The lowest BCUT2D eigenvalue weighted by atomic mass is 10.2. The van der Waals surface area contributed by atoms with Crippen molar-refractivity contribution < 1.29 is 14.3 Å². The number of rotatable bonds is 3. The fourth-order valence-corrected chi connectivity index (χ4v) is 1.20. The smallest absolute Gasteiger partial charge is 0.255 e. The third-order valence-electron chi connectivity index (χ3n) is 1.94. The van der Waals surface area contributed by atoms with Crippen molar-refractivity contribution in [1.29, 1.82) is 0 Å². The summed E-state index contributed by atoms with van der Waals surface area (Å²) < 4.78 is 5.23. The lowest BCUT2D eigenvalue weighted by Gasteiger charge is -2.09. The van der Waals surface area contributed by atoms with Crippen molar-refractivity contribution in [2.24, 2.45) is 0 Å². The number of hydrogen-bond donors (Lipinski definition) is 2. The summed E-state index contributed by atoms with van der Waals surface area (Å²) in [6.07, 6.45) is 0. The van der Waals surface area contributed by atoms with E-state index in [4.69, 9.17) is 9.52 Å². The molecule has 1 rings (SSSR count). The summed E-state index contributed by atoms with van der Waals surface area (Å²) in [7, 11) is 0. The van der Waals surface area contributed by atoms with Crippen LogP contribution in [0.1, 0.15) is 28.8 Å². The van der Waals surface area contributed by atoms with Gasteiger partial charge in [-0.1, -0.05) is 0 Å². The van der Waals surface area contributed by atoms with Crippen LogP contribution in [0.2, 0.25) is 0 Å². The fraction of sp³-hybridized carbons (Fsp3) is 0.500. The Bertz CT molecular complexity index is 330. The number of carbonyl (C=O) groups excluding carboxylic acids is 1. The van der Waals surface area contributed by atoms with Gasteiger partial charge in [0.25, 0.3) is 5.91 Å². The summed E-state index contributed by atoms with van der Waals surface area (Å²) in [5.41, 5.74) is 0.530. The van der Waals surface area contributed by atoms with Gasteiger partial charge in [0.05, 0.1) is 12.2 Å². The molecule has 1 unspecified atom stereocenters. The van der Waals surface area contributed by atoms with E-state index in [0.717, 1.165) is 0 Å². The Kier molecular flexibility index (Phi) is 3.30. The number of aliphatic hydroxyl groups is 1. The predicted molar refractivity (Wildman–Crippen MR) is 52.2 cm³/mol. The van der Waals surface area contributed by atoms with Crippen LogP contribution in [-0.2, 0) is 0 Å². The van der Waals surface area contributed by atoms with Gasteiger partial charge in [-0.25, -0.2) is 0 Å². The quantitative estimate of drug-likeness (QED) is 0.760. The van der Waals surface area contributed by atoms with Crippen molar-refractivity contribution in [1.82, 2.24) is 5.32 Å². The maximum absolute atomic E-state index is 11.6. The van der Waals surface area contributed by atoms with Crippen LogP contribution in [0.4, 0.5) is 0 Å². The van der Waals surface area contributed by atoms with Gasteiger partial charge in [-0.2, -0.15) is 0 Å². The molecule has 0 bridgehead atoms. The van der Waals surface area contributed by atoms with Gasteiger partial charge in [0.15, 0.2) is 0 Å². The molecule has 4 heteroatoms. The van der Waals surface area contributed by atoms with E-state index < -0.39 is 0 Å². The molecule has 0 saturated carbocycles. The Morgan fingerprint density at radius 3 is 2.71 bits per heavy atom. The standard InChI is InChI=1S/C10H15NO3/c1-6(5-12)11-10(13)9-4-7(2)14-8(9)3/h4,6,12H,5H2,1-3H3,(H,11,13). The van der Waals surface area contributed by atoms with Gasteiger partial charge in [0.2, 0.25) is 0 Å². The normalized spacial score (nSPS) is 12.6. The molecule has 0 radical (unpaired) electrons. The second-order valence-electron chi connectivity index (χ2n) is 3.38. The zero-order chi connectivity index (χ0) is 10.7. The van der Waals surface area contributed by atoms with Gasteiger partial charge >= 0.3 is 0 Å². The summed E-state index contributed by atoms with van der Waals surface area (Å²) in [5.74, 6) is 1.11. The summed E-state index contributed by atoms with van der Waals surface area (Å²) in [6.45, 7) is 5.20. The summed E-state index contributed by atoms with van der Waals surface area (Å²) in [5, 5.41) is 11.4. The molecule has 0 fully saturated rings. The van der Waals surface area contributed by atoms with Crippen LogP contribution >= 0.6 is 0 Å². The Balaban J connectivity index is 2.74. The van der Waals surface area contributed by atoms with Crippen LogP contribution in [0, 0.1) is 13.8 Å². The van der Waals surface area contributed by atoms with Crippen molar-refractivity contribution in [2.45, 2.75) is 26.8 Å². The summed E-state index contributed by atoms with van der Waals surface area (Å²) in [6, 6.07) is 1.45. The first-order valence-corrected chi connectivity index (χ1v) is 4.53. The third-order valence-corrected chi connectivity index (χ3v) is 1.94. The molecular formula is C10H15NO3. The molecule has 0 aromatic carbocycles. The van der Waals surface area contributed by atoms with E-state index in [0.29, 0.717) is 17.1 Å². The molecule has 1 heterocycles. The van der Waals surface area contributed by atoms with Crippen molar-refractivity contribution in [3.63, 3.8) is 0 Å². The van der Waals surface area contributed by atoms with Gasteiger partial charge in [0.1, 0.15) is 11.5 Å². The number of nitrogens with one attached hydrogen (secondary N) is 1. The fourth-order valence-electron chi connectivity index (χ4n) is 1.20. The van der Waals surface area contributed by atoms with E-state index in [1.54, 1.807) is 26.8 Å². The van der Waals surface area contributed by atoms with Crippen LogP contribution in [0.3, 0.4) is 0 Å². The van der Waals surface area contributed by atoms with Gasteiger partial charge < -0.3 is 14.8 Å². The van der Waals surface area contributed by atoms with Crippen molar-refractivity contribution >= 4 is 5.91 Å². The largest absolute Gasteiger partial charge is 0.466 e. The molecular weight excluding hydrogens is 182 g/mol. The average Bonchev–Trinajstić information content (AvgIpc) is 2.45. The van der Waals surface area contributed by atoms with Gasteiger partial charge in [-0.05, 0) is 26.8 Å². The molecule has 0 aliphatic carbocycles. The third kappa shape index (κ3) is 2.35. The van der Waals surface area contributed by atoms with E-state index in [9.17, 15) is 4.79 Å². The molecule has 78 valence electrons. The Morgan fingerprint density at radius 2 is 2.29 bits per heavy atom. The van der Waals surface area contributed by atoms with Gasteiger partial charge in [0, 0.05) is 6.04 Å². The molecule has 1 atom stereocenters. The van der Waals surface area contributed by atoms with Crippen LogP contribution in [0.5, 0.6) is 0 Å². The summed E-state index contributed by atoms with van der Waals surface area (Å²) in [4.78, 5) is 11.6. The first-order chi connectivity index (χ1) is 6.54. The Hall–Kier alpha value is -1.29. The van der Waals surface area contributed by atoms with Crippen molar-refractivity contribution in [2.75, 3.05) is 6.61 Å². The molecule has 2 N–H and O–H groups in total. The first kappa shape index (κ1) is 10.8. The number of carbonyl (C=O) groups is 1. The highest BCUT2D eigenvalue weighted by molar-refractivity contribution is 5.95. The molecule has 14 heavy (non-hydrogen) atoms. The highest BCUT2D eigenvalue weighted by Crippen LogP contribution is 2.13. The summed E-state index contributed by atoms with van der Waals surface area (Å²) >= 11 is 0. The Labute approximate surface area is 82.9 Å². The number of furan rings is 1. The molecule has 0 saturated heterocycles. The van der Waals surface area contributed by atoms with Crippen molar-refractivity contribution in [3.8, 4) is 0 Å². The van der Waals surface area contributed by atoms with E-state index in [1.807, 2.05) is 0 Å². The number of aryl methyl sites for hydroxylation is 2. The van der Waals surface area contributed by atoms with Crippen LogP contribution in [0.25, 0.3) is 0 Å². The van der Waals surface area contributed by atoms with E-state index in [1.165, 1.54) is 0 Å². The lowest BCUT2D eigenvalue weighted by molar-refractivity contribution is 0.0921. The first-order valence-electron chi connectivity index (χ1n) is 4.53. The second-order valence-corrected chi connectivity index (χ2v) is 3.38.